The van der Waals surface area contributed by atoms with E-state index in [-0.39, 0.29) is 30.0 Å². The van der Waals surface area contributed by atoms with Gasteiger partial charge in [-0.25, -0.2) is 9.97 Å². The number of amides is 1. The van der Waals surface area contributed by atoms with Gasteiger partial charge in [0.2, 0.25) is 11.3 Å². The maximum absolute atomic E-state index is 12.9. The van der Waals surface area contributed by atoms with Gasteiger partial charge in [0.15, 0.2) is 0 Å². The van der Waals surface area contributed by atoms with E-state index in [4.69, 9.17) is 4.74 Å². The molecule has 162 valence electrons. The Kier molecular flexibility index (Phi) is 5.16. The molecule has 0 spiro atoms. The van der Waals surface area contributed by atoms with Crippen LogP contribution < -0.4 is 10.2 Å². The number of hydrogen-bond donors (Lipinski definition) is 0. The number of aryl methyl sites for hydroxylation is 2. The number of rotatable bonds is 4. The molecule has 1 aliphatic heterocycles. The van der Waals surface area contributed by atoms with Crippen LogP contribution in [0.2, 0.25) is 0 Å². The van der Waals surface area contributed by atoms with E-state index in [0.717, 1.165) is 17.8 Å². The lowest BCUT2D eigenvalue weighted by atomic mass is 10.1. The van der Waals surface area contributed by atoms with E-state index in [1.54, 1.807) is 16.7 Å². The van der Waals surface area contributed by atoms with E-state index in [2.05, 4.69) is 9.97 Å². The quantitative estimate of drug-likeness (QED) is 0.634. The maximum Gasteiger partial charge on any atom is 0.417 e. The number of halogens is 3. The van der Waals surface area contributed by atoms with Crippen LogP contribution in [-0.2, 0) is 12.7 Å². The Morgan fingerprint density at radius 1 is 1.23 bits per heavy atom. The van der Waals surface area contributed by atoms with Crippen molar-refractivity contribution in [3.63, 3.8) is 0 Å². The zero-order valence-corrected chi connectivity index (χ0v) is 16.8. The second-order valence-corrected chi connectivity index (χ2v) is 7.31. The van der Waals surface area contributed by atoms with Crippen molar-refractivity contribution in [2.45, 2.75) is 32.7 Å². The van der Waals surface area contributed by atoms with Crippen LogP contribution in [-0.4, -0.2) is 44.5 Å². The molecule has 0 unspecified atom stereocenters. The van der Waals surface area contributed by atoms with Gasteiger partial charge in [-0.15, -0.1) is 0 Å². The number of aromatic nitrogens is 3. The number of hydrogen-bond acceptors (Lipinski definition) is 5. The zero-order chi connectivity index (χ0) is 22.3. The van der Waals surface area contributed by atoms with Crippen LogP contribution in [0, 0.1) is 6.92 Å². The number of fused-ring (bicyclic) bond motifs is 1. The van der Waals surface area contributed by atoms with Gasteiger partial charge in [-0.1, -0.05) is 0 Å². The highest BCUT2D eigenvalue weighted by atomic mass is 19.4. The first-order chi connectivity index (χ1) is 14.7. The number of ether oxygens (including phenoxy) is 1. The molecule has 0 saturated carbocycles. The van der Waals surface area contributed by atoms with Gasteiger partial charge < -0.3 is 14.2 Å². The van der Waals surface area contributed by atoms with Crippen molar-refractivity contribution in [3.8, 4) is 5.88 Å². The van der Waals surface area contributed by atoms with E-state index in [9.17, 15) is 22.8 Å². The molecule has 3 aromatic rings. The van der Waals surface area contributed by atoms with Crippen molar-refractivity contribution in [1.82, 2.24) is 19.4 Å². The number of alkyl halides is 3. The number of carbonyl (C=O) groups is 1. The summed E-state index contributed by atoms with van der Waals surface area (Å²) in [5.74, 6) is -0.375. The molecular formula is C21H19F3N4O3. The van der Waals surface area contributed by atoms with Crippen LogP contribution in [0.4, 0.5) is 13.2 Å². The Morgan fingerprint density at radius 3 is 2.58 bits per heavy atom. The summed E-state index contributed by atoms with van der Waals surface area (Å²) in [7, 11) is 0. The van der Waals surface area contributed by atoms with Crippen molar-refractivity contribution in [2.24, 2.45) is 0 Å². The maximum atomic E-state index is 12.9. The van der Waals surface area contributed by atoms with Gasteiger partial charge in [-0.05, 0) is 32.0 Å². The molecule has 0 atom stereocenters. The third-order valence-electron chi connectivity index (χ3n) is 5.12. The normalized spacial score (nSPS) is 14.5. The van der Waals surface area contributed by atoms with Crippen molar-refractivity contribution in [3.05, 3.63) is 63.7 Å². The second-order valence-electron chi connectivity index (χ2n) is 7.31. The average molecular weight is 432 g/mol. The molecule has 3 aromatic heterocycles. The highest BCUT2D eigenvalue weighted by molar-refractivity contribution is 5.97. The van der Waals surface area contributed by atoms with Crippen LogP contribution >= 0.6 is 0 Å². The molecule has 7 nitrogen and oxygen atoms in total. The highest BCUT2D eigenvalue weighted by Gasteiger charge is 2.35. The smallest absolute Gasteiger partial charge is 0.417 e. The largest absolute Gasteiger partial charge is 0.471 e. The molecule has 0 N–H and O–H groups in total. The predicted octanol–water partition coefficient (Wildman–Crippen LogP) is 3.04. The molecule has 0 radical (unpaired) electrons. The first-order valence-electron chi connectivity index (χ1n) is 9.67. The summed E-state index contributed by atoms with van der Waals surface area (Å²) in [5.41, 5.74) is 0.102. The van der Waals surface area contributed by atoms with Gasteiger partial charge >= 0.3 is 6.18 Å². The van der Waals surface area contributed by atoms with Crippen molar-refractivity contribution in [2.75, 3.05) is 13.1 Å². The van der Waals surface area contributed by atoms with E-state index >= 15 is 0 Å². The van der Waals surface area contributed by atoms with E-state index < -0.39 is 23.8 Å². The summed E-state index contributed by atoms with van der Waals surface area (Å²) in [6, 6.07) is 5.43. The third-order valence-corrected chi connectivity index (χ3v) is 5.12. The molecule has 1 aliphatic rings. The van der Waals surface area contributed by atoms with Crippen LogP contribution in [0.1, 0.15) is 28.5 Å². The molecule has 1 fully saturated rings. The van der Waals surface area contributed by atoms with Crippen LogP contribution in [0.5, 0.6) is 5.88 Å². The summed E-state index contributed by atoms with van der Waals surface area (Å²) in [5, 5.41) is 0.376. The molecule has 1 amide bonds. The third kappa shape index (κ3) is 3.97. The minimum Gasteiger partial charge on any atom is -0.471 e. The number of carbonyl (C=O) groups excluding carboxylic acids is 1. The lowest BCUT2D eigenvalue weighted by molar-refractivity contribution is -0.137. The SMILES string of the molecule is CCn1cc(C(=O)N2CC(Oc3ccc(C(F)(F)F)cn3)C2)c(=O)c2ccc(C)nc21. The summed E-state index contributed by atoms with van der Waals surface area (Å²) in [6.07, 6.45) is -2.66. The Balaban J connectivity index is 1.47. The Hall–Kier alpha value is -3.43. The fourth-order valence-electron chi connectivity index (χ4n) is 3.39. The van der Waals surface area contributed by atoms with Gasteiger partial charge in [0, 0.05) is 30.7 Å². The first kappa shape index (κ1) is 20.8. The van der Waals surface area contributed by atoms with Gasteiger partial charge in [0.1, 0.15) is 17.3 Å². The lowest BCUT2D eigenvalue weighted by Gasteiger charge is -2.38. The Bertz CT molecular complexity index is 1200. The van der Waals surface area contributed by atoms with E-state index in [1.807, 2.05) is 13.8 Å². The van der Waals surface area contributed by atoms with Crippen LogP contribution in [0.25, 0.3) is 11.0 Å². The summed E-state index contributed by atoms with van der Waals surface area (Å²) in [6.45, 7) is 4.68. The average Bonchev–Trinajstić information content (AvgIpc) is 2.70. The monoisotopic (exact) mass is 432 g/mol. The molecule has 0 aromatic carbocycles. The van der Waals surface area contributed by atoms with Crippen molar-refractivity contribution in [1.29, 1.82) is 0 Å². The first-order valence-corrected chi connectivity index (χ1v) is 9.67. The fourth-order valence-corrected chi connectivity index (χ4v) is 3.39. The fraction of sp³-hybridized carbons (Fsp3) is 0.333. The molecule has 31 heavy (non-hydrogen) atoms. The Morgan fingerprint density at radius 2 is 1.97 bits per heavy atom. The molecule has 1 saturated heterocycles. The van der Waals surface area contributed by atoms with E-state index in [0.29, 0.717) is 23.8 Å². The zero-order valence-electron chi connectivity index (χ0n) is 16.8. The van der Waals surface area contributed by atoms with Gasteiger partial charge in [-0.3, -0.25) is 9.59 Å². The van der Waals surface area contributed by atoms with Crippen LogP contribution in [0.15, 0.2) is 41.5 Å². The molecule has 0 bridgehead atoms. The topological polar surface area (TPSA) is 77.3 Å². The van der Waals surface area contributed by atoms with E-state index in [1.165, 1.54) is 11.1 Å². The minimum atomic E-state index is -4.47. The highest BCUT2D eigenvalue weighted by Crippen LogP contribution is 2.29. The molecule has 4 heterocycles. The molecular weight excluding hydrogens is 413 g/mol. The number of nitrogens with zero attached hydrogens (tertiary/aromatic N) is 4. The molecule has 0 aliphatic carbocycles. The minimum absolute atomic E-state index is 0.0468. The van der Waals surface area contributed by atoms with Gasteiger partial charge in [-0.2, -0.15) is 13.2 Å². The molecule has 4 rings (SSSR count). The predicted molar refractivity (Wildman–Crippen MR) is 106 cm³/mol. The standard InChI is InChI=1S/C21H19F3N4O3/c1-3-27-11-16(18(29)15-6-4-12(2)26-19(15)27)20(30)28-9-14(10-28)31-17-7-5-13(8-25-17)21(22,23)24/h4-8,11,14H,3,9-10H2,1-2H3. The summed E-state index contributed by atoms with van der Waals surface area (Å²) >= 11 is 0. The summed E-state index contributed by atoms with van der Waals surface area (Å²) in [4.78, 5) is 35.3. The van der Waals surface area contributed by atoms with Crippen molar-refractivity contribution < 1.29 is 22.7 Å². The number of likely N-dealkylation sites (tertiary alicyclic amines) is 1. The van der Waals surface area contributed by atoms with Gasteiger partial charge in [0.25, 0.3) is 5.91 Å². The lowest BCUT2D eigenvalue weighted by Crippen LogP contribution is -2.56. The van der Waals surface area contributed by atoms with Crippen molar-refractivity contribution >= 4 is 16.9 Å². The van der Waals surface area contributed by atoms with Crippen LogP contribution in [0.3, 0.4) is 0 Å². The number of pyridine rings is 3. The summed E-state index contributed by atoms with van der Waals surface area (Å²) < 4.78 is 45.1. The van der Waals surface area contributed by atoms with Gasteiger partial charge in [0.05, 0.1) is 24.0 Å². The Labute approximate surface area is 175 Å². The second kappa shape index (κ2) is 7.68. The molecule has 10 heteroatoms.